The van der Waals surface area contributed by atoms with Gasteiger partial charge in [0, 0.05) is 33.0 Å². The normalized spacial score (nSPS) is 11.2. The maximum absolute atomic E-state index is 5.19. The highest BCUT2D eigenvalue weighted by atomic mass is 14.9. The summed E-state index contributed by atoms with van der Waals surface area (Å²) in [5, 5.41) is 3.41. The van der Waals surface area contributed by atoms with Crippen molar-refractivity contribution in [2.24, 2.45) is 0 Å². The third kappa shape index (κ3) is 6.40. The summed E-state index contributed by atoms with van der Waals surface area (Å²) in [5.41, 5.74) is 13.9. The number of nitrogens with zero attached hydrogens (tertiary/aromatic N) is 4. The van der Waals surface area contributed by atoms with Gasteiger partial charge in [0.1, 0.15) is 0 Å². The molecular formula is C52H34N4. The summed E-state index contributed by atoms with van der Waals surface area (Å²) in [6, 6.07) is 71.5. The molecule has 0 atom stereocenters. The highest BCUT2D eigenvalue weighted by Crippen LogP contribution is 2.35. The van der Waals surface area contributed by atoms with E-state index in [-0.39, 0.29) is 0 Å². The van der Waals surface area contributed by atoms with E-state index < -0.39 is 0 Å². The second-order valence-electron chi connectivity index (χ2n) is 13.9. The van der Waals surface area contributed by atoms with Gasteiger partial charge >= 0.3 is 0 Å². The summed E-state index contributed by atoms with van der Waals surface area (Å²) in [7, 11) is 0. The van der Waals surface area contributed by atoms with Crippen molar-refractivity contribution < 1.29 is 0 Å². The lowest BCUT2D eigenvalue weighted by atomic mass is 9.98. The third-order valence-electron chi connectivity index (χ3n) is 10.3. The van der Waals surface area contributed by atoms with E-state index >= 15 is 0 Å². The standard InChI is InChI=1S/C52H34N4/c1-3-14-35(15-4-1)36-28-30-37(31-29-36)49-34-50(56-52(55-49)38-16-5-2-6-17-38)42-21-12-19-40(33-42)39-18-11-20-41(32-39)46-26-13-27-48(53-46)51-45-24-8-7-22-43(45)44-23-9-10-25-47(44)54-51/h1-34H. The molecule has 0 saturated carbocycles. The van der Waals surface area contributed by atoms with Crippen molar-refractivity contribution in [2.45, 2.75) is 0 Å². The van der Waals surface area contributed by atoms with Crippen LogP contribution in [0.25, 0.3) is 100 Å². The largest absolute Gasteiger partial charge is 0.246 e. The molecule has 0 N–H and O–H groups in total. The minimum Gasteiger partial charge on any atom is -0.246 e. The predicted molar refractivity (Wildman–Crippen MR) is 231 cm³/mol. The van der Waals surface area contributed by atoms with Crippen LogP contribution in [-0.2, 0) is 0 Å². The highest BCUT2D eigenvalue weighted by molar-refractivity contribution is 6.10. The van der Waals surface area contributed by atoms with E-state index in [1.54, 1.807) is 0 Å². The number of para-hydroxylation sites is 1. The molecule has 0 aliphatic carbocycles. The number of fused-ring (bicyclic) bond motifs is 3. The van der Waals surface area contributed by atoms with Crippen LogP contribution in [0.5, 0.6) is 0 Å². The van der Waals surface area contributed by atoms with Crippen LogP contribution in [0.1, 0.15) is 0 Å². The van der Waals surface area contributed by atoms with Crippen molar-refractivity contribution in [3.8, 4) is 78.8 Å². The van der Waals surface area contributed by atoms with Crippen molar-refractivity contribution in [3.05, 3.63) is 206 Å². The molecule has 0 amide bonds. The first kappa shape index (κ1) is 33.0. The Hall–Kier alpha value is -7.56. The minimum absolute atomic E-state index is 0.692. The Morgan fingerprint density at radius 1 is 0.232 bits per heavy atom. The molecule has 0 radical (unpaired) electrons. The van der Waals surface area contributed by atoms with Gasteiger partial charge in [-0.2, -0.15) is 0 Å². The topological polar surface area (TPSA) is 51.6 Å². The Morgan fingerprint density at radius 3 is 1.43 bits per heavy atom. The first-order valence-corrected chi connectivity index (χ1v) is 18.8. The van der Waals surface area contributed by atoms with Crippen molar-refractivity contribution in [1.29, 1.82) is 0 Å². The van der Waals surface area contributed by atoms with Crippen LogP contribution in [-0.4, -0.2) is 19.9 Å². The van der Waals surface area contributed by atoms with Gasteiger partial charge in [0.05, 0.1) is 34.0 Å². The fraction of sp³-hybridized carbons (Fsp3) is 0. The van der Waals surface area contributed by atoms with Gasteiger partial charge in [-0.3, -0.25) is 0 Å². The van der Waals surface area contributed by atoms with Gasteiger partial charge in [-0.15, -0.1) is 0 Å². The molecule has 0 bridgehead atoms. The first-order chi connectivity index (χ1) is 27.7. The molecule has 4 nitrogen and oxygen atoms in total. The summed E-state index contributed by atoms with van der Waals surface area (Å²) in [5.74, 6) is 0.692. The summed E-state index contributed by atoms with van der Waals surface area (Å²) in [6.45, 7) is 0. The lowest BCUT2D eigenvalue weighted by Gasteiger charge is -2.12. The number of pyridine rings is 2. The zero-order valence-corrected chi connectivity index (χ0v) is 30.4. The number of benzene rings is 7. The fourth-order valence-corrected chi connectivity index (χ4v) is 7.47. The Morgan fingerprint density at radius 2 is 0.714 bits per heavy atom. The van der Waals surface area contributed by atoms with E-state index in [1.165, 1.54) is 16.5 Å². The summed E-state index contributed by atoms with van der Waals surface area (Å²) in [4.78, 5) is 20.5. The molecule has 262 valence electrons. The lowest BCUT2D eigenvalue weighted by Crippen LogP contribution is -1.96. The number of rotatable bonds is 7. The van der Waals surface area contributed by atoms with Crippen LogP contribution >= 0.6 is 0 Å². The summed E-state index contributed by atoms with van der Waals surface area (Å²) in [6.07, 6.45) is 0. The van der Waals surface area contributed by atoms with E-state index in [1.807, 2.05) is 30.3 Å². The Labute approximate surface area is 325 Å². The second kappa shape index (κ2) is 14.3. The molecule has 3 heterocycles. The van der Waals surface area contributed by atoms with Crippen molar-refractivity contribution in [1.82, 2.24) is 19.9 Å². The Kier molecular flexibility index (Phi) is 8.47. The maximum atomic E-state index is 5.19. The molecule has 0 aliphatic rings. The number of hydrogen-bond donors (Lipinski definition) is 0. The molecule has 0 aliphatic heterocycles. The van der Waals surface area contributed by atoms with E-state index in [0.29, 0.717) is 5.82 Å². The average molecular weight is 715 g/mol. The number of aromatic nitrogens is 4. The molecule has 4 heteroatoms. The minimum atomic E-state index is 0.692. The Bertz CT molecular complexity index is 3010. The van der Waals surface area contributed by atoms with E-state index in [9.17, 15) is 0 Å². The van der Waals surface area contributed by atoms with Gasteiger partial charge < -0.3 is 0 Å². The molecule has 0 unspecified atom stereocenters. The van der Waals surface area contributed by atoms with Gasteiger partial charge in [0.15, 0.2) is 5.82 Å². The summed E-state index contributed by atoms with van der Waals surface area (Å²) >= 11 is 0. The Balaban J connectivity index is 1.01. The predicted octanol–water partition coefficient (Wildman–Crippen LogP) is 13.2. The van der Waals surface area contributed by atoms with E-state index in [2.05, 4.69) is 176 Å². The SMILES string of the molecule is c1ccc(-c2ccc(-c3cc(-c4cccc(-c5cccc(-c6cccc(-c7nc8ccccc8c8ccccc78)n6)c5)c4)nc(-c4ccccc4)n3)cc2)cc1. The van der Waals surface area contributed by atoms with Gasteiger partial charge in [-0.1, -0.05) is 170 Å². The molecule has 10 aromatic rings. The maximum Gasteiger partial charge on any atom is 0.160 e. The van der Waals surface area contributed by atoms with Crippen LogP contribution in [0.15, 0.2) is 206 Å². The second-order valence-corrected chi connectivity index (χ2v) is 13.9. The van der Waals surface area contributed by atoms with Gasteiger partial charge in [-0.25, -0.2) is 19.9 Å². The first-order valence-electron chi connectivity index (χ1n) is 18.8. The smallest absolute Gasteiger partial charge is 0.160 e. The molecule has 3 aromatic heterocycles. The quantitative estimate of drug-likeness (QED) is 0.154. The van der Waals surface area contributed by atoms with Gasteiger partial charge in [-0.05, 0) is 64.0 Å². The third-order valence-corrected chi connectivity index (χ3v) is 10.3. The molecule has 0 spiro atoms. The van der Waals surface area contributed by atoms with Crippen LogP contribution in [0, 0.1) is 0 Å². The van der Waals surface area contributed by atoms with Crippen molar-refractivity contribution in [3.63, 3.8) is 0 Å². The summed E-state index contributed by atoms with van der Waals surface area (Å²) < 4.78 is 0. The van der Waals surface area contributed by atoms with Crippen LogP contribution < -0.4 is 0 Å². The van der Waals surface area contributed by atoms with Crippen molar-refractivity contribution >= 4 is 21.7 Å². The fourth-order valence-electron chi connectivity index (χ4n) is 7.47. The molecule has 0 saturated heterocycles. The molecule has 10 rings (SSSR count). The van der Waals surface area contributed by atoms with Crippen LogP contribution in [0.2, 0.25) is 0 Å². The van der Waals surface area contributed by atoms with E-state index in [0.717, 1.165) is 78.1 Å². The molecule has 7 aromatic carbocycles. The van der Waals surface area contributed by atoms with Crippen LogP contribution in [0.3, 0.4) is 0 Å². The van der Waals surface area contributed by atoms with Gasteiger partial charge in [0.2, 0.25) is 0 Å². The number of hydrogen-bond acceptors (Lipinski definition) is 4. The lowest BCUT2D eigenvalue weighted by molar-refractivity contribution is 1.18. The molecular weight excluding hydrogens is 681 g/mol. The van der Waals surface area contributed by atoms with Crippen LogP contribution in [0.4, 0.5) is 0 Å². The highest BCUT2D eigenvalue weighted by Gasteiger charge is 2.14. The van der Waals surface area contributed by atoms with Gasteiger partial charge in [0.25, 0.3) is 0 Å². The monoisotopic (exact) mass is 714 g/mol. The zero-order valence-electron chi connectivity index (χ0n) is 30.4. The zero-order chi connectivity index (χ0) is 37.3. The molecule has 56 heavy (non-hydrogen) atoms. The van der Waals surface area contributed by atoms with E-state index in [4.69, 9.17) is 19.9 Å². The molecule has 0 fully saturated rings. The van der Waals surface area contributed by atoms with Crippen molar-refractivity contribution in [2.75, 3.05) is 0 Å². The average Bonchev–Trinajstić information content (AvgIpc) is 3.29.